The maximum atomic E-state index is 4.13. The van der Waals surface area contributed by atoms with E-state index in [9.17, 15) is 0 Å². The highest BCUT2D eigenvalue weighted by atomic mass is 15.3. The zero-order valence-corrected chi connectivity index (χ0v) is 12.1. The Morgan fingerprint density at radius 3 is 2.90 bits per heavy atom. The van der Waals surface area contributed by atoms with Gasteiger partial charge in [0.05, 0.1) is 6.54 Å². The molecule has 0 saturated heterocycles. The molecule has 0 amide bonds. The lowest BCUT2D eigenvalue weighted by molar-refractivity contribution is 0.685. The van der Waals surface area contributed by atoms with Crippen LogP contribution in [-0.2, 0) is 19.6 Å². The van der Waals surface area contributed by atoms with Gasteiger partial charge in [-0.3, -0.25) is 0 Å². The van der Waals surface area contributed by atoms with E-state index < -0.39 is 0 Å². The molecule has 0 aliphatic rings. The van der Waals surface area contributed by atoms with Gasteiger partial charge in [-0.15, -0.1) is 0 Å². The molecule has 21 heavy (non-hydrogen) atoms. The summed E-state index contributed by atoms with van der Waals surface area (Å²) in [5.74, 6) is 0. The smallest absolute Gasteiger partial charge is 0.137 e. The van der Waals surface area contributed by atoms with E-state index in [0.29, 0.717) is 0 Å². The molecule has 0 bridgehead atoms. The highest BCUT2D eigenvalue weighted by molar-refractivity contribution is 5.46. The van der Waals surface area contributed by atoms with Crippen molar-refractivity contribution in [3.05, 3.63) is 66.5 Å². The number of aromatic nitrogens is 4. The van der Waals surface area contributed by atoms with Crippen LogP contribution in [0.25, 0.3) is 0 Å². The highest BCUT2D eigenvalue weighted by Gasteiger charge is 2.00. The SMILES string of the molecule is CCn1ccc(CNc2cccc(Cn3cncn3)c2)c1. The van der Waals surface area contributed by atoms with Crippen molar-refractivity contribution in [1.29, 1.82) is 0 Å². The molecular formula is C16H19N5. The lowest BCUT2D eigenvalue weighted by atomic mass is 10.2. The predicted octanol–water partition coefficient (Wildman–Crippen LogP) is 2.76. The van der Waals surface area contributed by atoms with Crippen molar-refractivity contribution in [1.82, 2.24) is 19.3 Å². The van der Waals surface area contributed by atoms with E-state index in [2.05, 4.69) is 69.6 Å². The van der Waals surface area contributed by atoms with E-state index in [1.165, 1.54) is 11.1 Å². The molecule has 1 aromatic carbocycles. The van der Waals surface area contributed by atoms with Crippen molar-refractivity contribution < 1.29 is 0 Å². The van der Waals surface area contributed by atoms with Gasteiger partial charge in [0.1, 0.15) is 12.7 Å². The minimum absolute atomic E-state index is 0.738. The van der Waals surface area contributed by atoms with Gasteiger partial charge in [0.25, 0.3) is 0 Å². The van der Waals surface area contributed by atoms with Gasteiger partial charge in [-0.1, -0.05) is 12.1 Å². The van der Waals surface area contributed by atoms with Crippen molar-refractivity contribution in [3.63, 3.8) is 0 Å². The topological polar surface area (TPSA) is 47.7 Å². The number of aryl methyl sites for hydroxylation is 1. The first-order chi connectivity index (χ1) is 10.3. The second kappa shape index (κ2) is 6.26. The number of hydrogen-bond acceptors (Lipinski definition) is 3. The fourth-order valence-electron chi connectivity index (χ4n) is 2.28. The van der Waals surface area contributed by atoms with Crippen LogP contribution in [0.4, 0.5) is 5.69 Å². The van der Waals surface area contributed by atoms with Crippen molar-refractivity contribution in [2.24, 2.45) is 0 Å². The first kappa shape index (κ1) is 13.4. The molecule has 5 heteroatoms. The maximum absolute atomic E-state index is 4.13. The molecule has 2 aromatic heterocycles. The minimum atomic E-state index is 0.738. The fourth-order valence-corrected chi connectivity index (χ4v) is 2.28. The molecule has 0 saturated carbocycles. The monoisotopic (exact) mass is 281 g/mol. The molecule has 1 N–H and O–H groups in total. The van der Waals surface area contributed by atoms with Gasteiger partial charge in [-0.2, -0.15) is 5.10 Å². The van der Waals surface area contributed by atoms with Gasteiger partial charge >= 0.3 is 0 Å². The Hall–Kier alpha value is -2.56. The molecule has 2 heterocycles. The highest BCUT2D eigenvalue weighted by Crippen LogP contribution is 2.13. The molecule has 3 aromatic rings. The molecule has 108 valence electrons. The molecule has 5 nitrogen and oxygen atoms in total. The van der Waals surface area contributed by atoms with E-state index >= 15 is 0 Å². The summed E-state index contributed by atoms with van der Waals surface area (Å²) in [6, 6.07) is 10.5. The van der Waals surface area contributed by atoms with Crippen LogP contribution < -0.4 is 5.32 Å². The number of nitrogens with one attached hydrogen (secondary N) is 1. The number of nitrogens with zero attached hydrogens (tertiary/aromatic N) is 4. The first-order valence-corrected chi connectivity index (χ1v) is 7.13. The van der Waals surface area contributed by atoms with E-state index in [-0.39, 0.29) is 0 Å². The molecule has 0 fully saturated rings. The summed E-state index contributed by atoms with van der Waals surface area (Å²) in [4.78, 5) is 3.96. The molecule has 0 atom stereocenters. The molecule has 3 rings (SSSR count). The van der Waals surface area contributed by atoms with E-state index in [1.807, 2.05) is 4.68 Å². The Labute approximate surface area is 124 Å². The van der Waals surface area contributed by atoms with Crippen LogP contribution in [0.3, 0.4) is 0 Å². The maximum Gasteiger partial charge on any atom is 0.137 e. The Bertz CT molecular complexity index is 684. The summed E-state index contributed by atoms with van der Waals surface area (Å²) in [5.41, 5.74) is 3.62. The van der Waals surface area contributed by atoms with Gasteiger partial charge in [0.15, 0.2) is 0 Å². The molecule has 0 aliphatic heterocycles. The predicted molar refractivity (Wildman–Crippen MR) is 83.0 cm³/mol. The molecule has 0 spiro atoms. The number of anilines is 1. The van der Waals surface area contributed by atoms with E-state index in [1.54, 1.807) is 12.7 Å². The normalized spacial score (nSPS) is 10.7. The van der Waals surface area contributed by atoms with Crippen LogP contribution in [0.2, 0.25) is 0 Å². The summed E-state index contributed by atoms with van der Waals surface area (Å²) in [6.07, 6.45) is 7.57. The fraction of sp³-hybridized carbons (Fsp3) is 0.250. The van der Waals surface area contributed by atoms with Crippen molar-refractivity contribution in [2.75, 3.05) is 5.32 Å². The third-order valence-corrected chi connectivity index (χ3v) is 3.41. The number of benzene rings is 1. The molecule has 0 radical (unpaired) electrons. The van der Waals surface area contributed by atoms with Crippen LogP contribution >= 0.6 is 0 Å². The van der Waals surface area contributed by atoms with E-state index in [4.69, 9.17) is 0 Å². The van der Waals surface area contributed by atoms with Crippen LogP contribution in [0.15, 0.2) is 55.4 Å². The second-order valence-corrected chi connectivity index (χ2v) is 5.00. The lowest BCUT2D eigenvalue weighted by Gasteiger charge is -2.08. The van der Waals surface area contributed by atoms with Crippen LogP contribution in [0.5, 0.6) is 0 Å². The Balaban J connectivity index is 1.63. The quantitative estimate of drug-likeness (QED) is 0.756. The third kappa shape index (κ3) is 3.51. The number of hydrogen-bond donors (Lipinski definition) is 1. The van der Waals surface area contributed by atoms with Gasteiger partial charge in [-0.05, 0) is 36.2 Å². The van der Waals surface area contributed by atoms with Crippen molar-refractivity contribution in [3.8, 4) is 0 Å². The summed E-state index contributed by atoms with van der Waals surface area (Å²) in [7, 11) is 0. The van der Waals surface area contributed by atoms with Gasteiger partial charge in [0, 0.05) is 31.2 Å². The second-order valence-electron chi connectivity index (χ2n) is 5.00. The number of rotatable bonds is 6. The van der Waals surface area contributed by atoms with Crippen LogP contribution in [0, 0.1) is 0 Å². The average molecular weight is 281 g/mol. The van der Waals surface area contributed by atoms with E-state index in [0.717, 1.165) is 25.3 Å². The third-order valence-electron chi connectivity index (χ3n) is 3.41. The standard InChI is InChI=1S/C16H19N5/c1-2-20-7-6-15(10-20)9-18-16-5-3-4-14(8-16)11-21-13-17-12-19-21/h3-8,10,12-13,18H,2,9,11H2,1H3. The van der Waals surface area contributed by atoms with Crippen LogP contribution in [0.1, 0.15) is 18.1 Å². The zero-order valence-electron chi connectivity index (χ0n) is 12.1. The van der Waals surface area contributed by atoms with Gasteiger partial charge in [-0.25, -0.2) is 9.67 Å². The average Bonchev–Trinajstić information content (AvgIpc) is 3.17. The Morgan fingerprint density at radius 2 is 2.14 bits per heavy atom. The van der Waals surface area contributed by atoms with Crippen LogP contribution in [-0.4, -0.2) is 19.3 Å². The lowest BCUT2D eigenvalue weighted by Crippen LogP contribution is -2.02. The Kier molecular flexibility index (Phi) is 4.00. The summed E-state index contributed by atoms with van der Waals surface area (Å²) in [6.45, 7) is 4.72. The van der Waals surface area contributed by atoms with Crippen molar-refractivity contribution >= 4 is 5.69 Å². The first-order valence-electron chi connectivity index (χ1n) is 7.13. The summed E-state index contributed by atoms with van der Waals surface area (Å²) in [5, 5.41) is 7.59. The summed E-state index contributed by atoms with van der Waals surface area (Å²) < 4.78 is 4.00. The van der Waals surface area contributed by atoms with Crippen molar-refractivity contribution in [2.45, 2.75) is 26.6 Å². The molecule has 0 unspecified atom stereocenters. The van der Waals surface area contributed by atoms with Gasteiger partial charge < -0.3 is 9.88 Å². The van der Waals surface area contributed by atoms with Gasteiger partial charge in [0.2, 0.25) is 0 Å². The molecular weight excluding hydrogens is 262 g/mol. The Morgan fingerprint density at radius 1 is 1.19 bits per heavy atom. The zero-order chi connectivity index (χ0) is 14.5. The summed E-state index contributed by atoms with van der Waals surface area (Å²) >= 11 is 0. The molecule has 0 aliphatic carbocycles. The minimum Gasteiger partial charge on any atom is -0.381 e. The largest absolute Gasteiger partial charge is 0.381 e.